The number of rotatable bonds is 3. The van der Waals surface area contributed by atoms with Gasteiger partial charge in [0.05, 0.1) is 0 Å². The number of hydrogen-bond donors (Lipinski definition) is 2. The molecule has 0 amide bonds. The van der Waals surface area contributed by atoms with Crippen LogP contribution >= 0.6 is 0 Å². The largest absolute Gasteiger partial charge is 0.490 e. The van der Waals surface area contributed by atoms with Gasteiger partial charge < -0.3 is 15.7 Å². The van der Waals surface area contributed by atoms with Crippen LogP contribution < -0.4 is 5.73 Å². The van der Waals surface area contributed by atoms with E-state index < -0.39 is 12.1 Å². The minimum atomic E-state index is -5.08. The van der Waals surface area contributed by atoms with Crippen LogP contribution in [0.1, 0.15) is 24.4 Å². The summed E-state index contributed by atoms with van der Waals surface area (Å²) in [4.78, 5) is 11.3. The summed E-state index contributed by atoms with van der Waals surface area (Å²) in [5.41, 5.74) is 7.08. The molecule has 1 aliphatic heterocycles. The van der Waals surface area contributed by atoms with E-state index >= 15 is 0 Å². The Balaban J connectivity index is 0.000000295. The summed E-state index contributed by atoms with van der Waals surface area (Å²) in [5, 5.41) is 7.12. The number of benzene rings is 1. The Morgan fingerprint density at radius 1 is 1.23 bits per heavy atom. The Hall–Kier alpha value is -1.67. The Morgan fingerprint density at radius 2 is 1.68 bits per heavy atom. The van der Waals surface area contributed by atoms with Crippen molar-refractivity contribution in [2.24, 2.45) is 5.73 Å². The maximum absolute atomic E-state index is 12.7. The first kappa shape index (κ1) is 18.4. The predicted molar refractivity (Wildman–Crippen MR) is 72.7 cm³/mol. The number of hydrogen-bond acceptors (Lipinski definition) is 3. The van der Waals surface area contributed by atoms with Gasteiger partial charge in [-0.3, -0.25) is 0 Å². The molecule has 1 aromatic rings. The lowest BCUT2D eigenvalue weighted by molar-refractivity contribution is -0.192. The van der Waals surface area contributed by atoms with Crippen LogP contribution in [-0.4, -0.2) is 41.8 Å². The van der Waals surface area contributed by atoms with Gasteiger partial charge in [-0.05, 0) is 43.6 Å². The highest BCUT2D eigenvalue weighted by Crippen LogP contribution is 2.16. The third kappa shape index (κ3) is 6.40. The zero-order chi connectivity index (χ0) is 16.8. The third-order valence-electron chi connectivity index (χ3n) is 3.19. The molecule has 0 aliphatic carbocycles. The van der Waals surface area contributed by atoms with Crippen LogP contribution in [0, 0.1) is 5.82 Å². The first-order valence-corrected chi connectivity index (χ1v) is 6.73. The Labute approximate surface area is 125 Å². The molecule has 0 saturated carbocycles. The van der Waals surface area contributed by atoms with Crippen LogP contribution in [0.25, 0.3) is 0 Å². The second-order valence-corrected chi connectivity index (χ2v) is 4.97. The Morgan fingerprint density at radius 3 is 2.09 bits per heavy atom. The molecule has 1 aliphatic rings. The third-order valence-corrected chi connectivity index (χ3v) is 3.19. The molecule has 1 aromatic carbocycles. The van der Waals surface area contributed by atoms with Crippen molar-refractivity contribution in [1.82, 2.24) is 4.90 Å². The molecule has 4 nitrogen and oxygen atoms in total. The lowest BCUT2D eigenvalue weighted by Gasteiger charge is -2.20. The molecule has 124 valence electrons. The fourth-order valence-corrected chi connectivity index (χ4v) is 2.06. The SMILES string of the molecule is NC(CN1CCCC1)c1ccc(F)cc1.O=C(O)C(F)(F)F. The summed E-state index contributed by atoms with van der Waals surface area (Å²) in [6.07, 6.45) is -2.54. The van der Waals surface area contributed by atoms with E-state index in [4.69, 9.17) is 15.6 Å². The van der Waals surface area contributed by atoms with Gasteiger partial charge in [-0.1, -0.05) is 12.1 Å². The topological polar surface area (TPSA) is 66.6 Å². The van der Waals surface area contributed by atoms with E-state index in [-0.39, 0.29) is 11.9 Å². The number of nitrogens with zero attached hydrogens (tertiary/aromatic N) is 1. The van der Waals surface area contributed by atoms with Crippen molar-refractivity contribution < 1.29 is 27.5 Å². The lowest BCUT2D eigenvalue weighted by atomic mass is 10.1. The highest BCUT2D eigenvalue weighted by Gasteiger charge is 2.38. The summed E-state index contributed by atoms with van der Waals surface area (Å²) in [6, 6.07) is 6.49. The van der Waals surface area contributed by atoms with Gasteiger partial charge in [-0.25, -0.2) is 9.18 Å². The van der Waals surface area contributed by atoms with E-state index in [1.807, 2.05) is 0 Å². The normalized spacial score (nSPS) is 16.8. The fraction of sp³-hybridized carbons (Fsp3) is 0.500. The number of carbonyl (C=O) groups is 1. The zero-order valence-electron chi connectivity index (χ0n) is 11.8. The van der Waals surface area contributed by atoms with Gasteiger partial charge in [0.2, 0.25) is 0 Å². The molecule has 1 saturated heterocycles. The number of halogens is 4. The molecule has 0 aromatic heterocycles. The van der Waals surface area contributed by atoms with E-state index in [9.17, 15) is 17.6 Å². The molecule has 3 N–H and O–H groups in total. The van der Waals surface area contributed by atoms with Crippen molar-refractivity contribution in [3.63, 3.8) is 0 Å². The monoisotopic (exact) mass is 322 g/mol. The standard InChI is InChI=1S/C12H17FN2.C2HF3O2/c13-11-5-3-10(4-6-11)12(14)9-15-7-1-2-8-15;3-2(4,5)1(6)7/h3-6,12H,1-2,7-9,14H2;(H,6,7). The smallest absolute Gasteiger partial charge is 0.475 e. The van der Waals surface area contributed by atoms with Crippen molar-refractivity contribution in [1.29, 1.82) is 0 Å². The average molecular weight is 322 g/mol. The van der Waals surface area contributed by atoms with Gasteiger partial charge >= 0.3 is 12.1 Å². The van der Waals surface area contributed by atoms with Crippen LogP contribution in [0.4, 0.5) is 17.6 Å². The summed E-state index contributed by atoms with van der Waals surface area (Å²) in [6.45, 7) is 3.18. The molecule has 1 fully saturated rings. The molecule has 0 spiro atoms. The Bertz CT molecular complexity index is 471. The van der Waals surface area contributed by atoms with Crippen molar-refractivity contribution >= 4 is 5.97 Å². The predicted octanol–water partition coefficient (Wildman–Crippen LogP) is 2.55. The molecule has 1 heterocycles. The Kier molecular flexibility index (Phi) is 6.76. The number of likely N-dealkylation sites (tertiary alicyclic amines) is 1. The molecule has 0 bridgehead atoms. The van der Waals surface area contributed by atoms with E-state index in [0.717, 1.165) is 25.2 Å². The average Bonchev–Trinajstić information content (AvgIpc) is 2.92. The maximum Gasteiger partial charge on any atom is 0.490 e. The van der Waals surface area contributed by atoms with Gasteiger partial charge in [0, 0.05) is 12.6 Å². The first-order valence-electron chi connectivity index (χ1n) is 6.73. The highest BCUT2D eigenvalue weighted by atomic mass is 19.4. The minimum Gasteiger partial charge on any atom is -0.475 e. The number of nitrogens with two attached hydrogens (primary N) is 1. The van der Waals surface area contributed by atoms with E-state index in [2.05, 4.69) is 4.90 Å². The van der Waals surface area contributed by atoms with Crippen molar-refractivity contribution in [2.75, 3.05) is 19.6 Å². The maximum atomic E-state index is 12.7. The number of aliphatic carboxylic acids is 1. The number of alkyl halides is 3. The lowest BCUT2D eigenvalue weighted by Crippen LogP contribution is -2.29. The molecular weight excluding hydrogens is 304 g/mol. The van der Waals surface area contributed by atoms with E-state index in [0.29, 0.717) is 0 Å². The van der Waals surface area contributed by atoms with Crippen molar-refractivity contribution in [2.45, 2.75) is 25.1 Å². The van der Waals surface area contributed by atoms with Gasteiger partial charge in [0.25, 0.3) is 0 Å². The van der Waals surface area contributed by atoms with Crippen LogP contribution in [0.15, 0.2) is 24.3 Å². The van der Waals surface area contributed by atoms with Gasteiger partial charge in [0.15, 0.2) is 0 Å². The molecular formula is C14H18F4N2O2. The molecule has 22 heavy (non-hydrogen) atoms. The van der Waals surface area contributed by atoms with Crippen LogP contribution in [0.5, 0.6) is 0 Å². The summed E-state index contributed by atoms with van der Waals surface area (Å²) in [7, 11) is 0. The first-order chi connectivity index (χ1) is 10.2. The van der Waals surface area contributed by atoms with Crippen LogP contribution in [-0.2, 0) is 4.79 Å². The minimum absolute atomic E-state index is 0.00343. The molecule has 2 rings (SSSR count). The zero-order valence-corrected chi connectivity index (χ0v) is 11.8. The molecule has 1 unspecified atom stereocenters. The van der Waals surface area contributed by atoms with E-state index in [1.165, 1.54) is 25.0 Å². The van der Waals surface area contributed by atoms with E-state index in [1.54, 1.807) is 12.1 Å². The van der Waals surface area contributed by atoms with Crippen LogP contribution in [0.2, 0.25) is 0 Å². The van der Waals surface area contributed by atoms with Gasteiger partial charge in [-0.2, -0.15) is 13.2 Å². The summed E-state index contributed by atoms with van der Waals surface area (Å²) < 4.78 is 44.4. The second kappa shape index (κ2) is 8.09. The highest BCUT2D eigenvalue weighted by molar-refractivity contribution is 5.73. The molecule has 8 heteroatoms. The van der Waals surface area contributed by atoms with Gasteiger partial charge in [0.1, 0.15) is 5.82 Å². The molecule has 1 atom stereocenters. The van der Waals surface area contributed by atoms with Crippen molar-refractivity contribution in [3.05, 3.63) is 35.6 Å². The quantitative estimate of drug-likeness (QED) is 0.840. The molecule has 0 radical (unpaired) electrons. The van der Waals surface area contributed by atoms with Crippen LogP contribution in [0.3, 0.4) is 0 Å². The number of carboxylic acid groups (broad SMARTS) is 1. The number of carboxylic acids is 1. The fourth-order valence-electron chi connectivity index (χ4n) is 2.06. The van der Waals surface area contributed by atoms with Crippen molar-refractivity contribution in [3.8, 4) is 0 Å². The van der Waals surface area contributed by atoms with Gasteiger partial charge in [-0.15, -0.1) is 0 Å². The second-order valence-electron chi connectivity index (χ2n) is 4.97. The summed E-state index contributed by atoms with van der Waals surface area (Å²) in [5.74, 6) is -2.96. The summed E-state index contributed by atoms with van der Waals surface area (Å²) >= 11 is 0.